The highest BCUT2D eigenvalue weighted by Crippen LogP contribution is 2.43. The summed E-state index contributed by atoms with van der Waals surface area (Å²) < 4.78 is 21.9. The monoisotopic (exact) mass is 466 g/mol. The summed E-state index contributed by atoms with van der Waals surface area (Å²) in [5.41, 5.74) is -1.64. The van der Waals surface area contributed by atoms with Crippen LogP contribution in [0.4, 0.5) is 14.9 Å². The Bertz CT molecular complexity index is 1200. The molecule has 1 atom stereocenters. The summed E-state index contributed by atoms with van der Waals surface area (Å²) in [6.45, 7) is 8.71. The van der Waals surface area contributed by atoms with Gasteiger partial charge in [0.05, 0.1) is 21.6 Å². The molecule has 1 saturated carbocycles. The number of aromatic nitrogens is 2. The number of carbonyl (C=O) groups excluding carboxylic acids is 1. The van der Waals surface area contributed by atoms with Crippen LogP contribution in [0.3, 0.4) is 0 Å². The molecule has 1 aromatic carbocycles. The van der Waals surface area contributed by atoms with E-state index < -0.39 is 28.8 Å². The molecule has 1 amide bonds. The molecule has 174 valence electrons. The van der Waals surface area contributed by atoms with E-state index in [4.69, 9.17) is 16.3 Å². The van der Waals surface area contributed by atoms with E-state index in [-0.39, 0.29) is 33.1 Å². The molecule has 32 heavy (non-hydrogen) atoms. The zero-order valence-electron chi connectivity index (χ0n) is 18.7. The fourth-order valence-electron chi connectivity index (χ4n) is 4.26. The van der Waals surface area contributed by atoms with Gasteiger partial charge in [0.1, 0.15) is 11.4 Å². The Morgan fingerprint density at radius 1 is 1.38 bits per heavy atom. The van der Waals surface area contributed by atoms with Crippen LogP contribution in [-0.2, 0) is 4.74 Å². The molecule has 8 nitrogen and oxygen atoms in total. The summed E-state index contributed by atoms with van der Waals surface area (Å²) in [7, 11) is 0. The van der Waals surface area contributed by atoms with Crippen molar-refractivity contribution >= 4 is 34.3 Å². The Morgan fingerprint density at radius 3 is 2.69 bits per heavy atom. The average molecular weight is 467 g/mol. The number of hydrogen-bond acceptors (Lipinski definition) is 5. The first-order valence-corrected chi connectivity index (χ1v) is 11.1. The molecule has 0 bridgehead atoms. The molecule has 4 rings (SSSR count). The van der Waals surface area contributed by atoms with Crippen molar-refractivity contribution in [3.8, 4) is 0 Å². The topological polar surface area (TPSA) is 96.4 Å². The second-order valence-electron chi connectivity index (χ2n) is 10.1. The highest BCUT2D eigenvalue weighted by atomic mass is 35.5. The molecule has 0 spiro atoms. The van der Waals surface area contributed by atoms with Gasteiger partial charge < -0.3 is 15.0 Å². The standard InChI is InChI=1S/C22H28ClFN4O4/c1-21(2,3)32-20(31)25-10-22(4)7-8-27(11-22)17-14(24)9-13-16(15(17)23)28(12-5-6-12)19(30)26-18(13)29/h9,12H,5-8,10-11H2,1-4H3,(H,25,31)(H,26,29,30). The molecule has 2 heterocycles. The maximum absolute atomic E-state index is 15.2. The third-order valence-corrected chi connectivity index (χ3v) is 6.30. The third kappa shape index (κ3) is 4.35. The maximum atomic E-state index is 15.2. The average Bonchev–Trinajstić information content (AvgIpc) is 3.42. The summed E-state index contributed by atoms with van der Waals surface area (Å²) in [5.74, 6) is -0.613. The van der Waals surface area contributed by atoms with E-state index in [0.717, 1.165) is 18.9 Å². The molecule has 1 aromatic heterocycles. The number of nitrogens with zero attached hydrogens (tertiary/aromatic N) is 2. The molecule has 1 aliphatic heterocycles. The van der Waals surface area contributed by atoms with E-state index in [1.807, 2.05) is 11.8 Å². The molecule has 1 saturated heterocycles. The minimum atomic E-state index is -0.651. The maximum Gasteiger partial charge on any atom is 0.407 e. The molecule has 1 unspecified atom stereocenters. The van der Waals surface area contributed by atoms with Crippen LogP contribution in [0.2, 0.25) is 5.02 Å². The lowest BCUT2D eigenvalue weighted by atomic mass is 9.90. The number of hydrogen-bond donors (Lipinski definition) is 2. The zero-order valence-corrected chi connectivity index (χ0v) is 19.4. The molecule has 2 N–H and O–H groups in total. The van der Waals surface area contributed by atoms with Gasteiger partial charge in [0, 0.05) is 31.1 Å². The van der Waals surface area contributed by atoms with Crippen LogP contribution in [0.15, 0.2) is 15.7 Å². The number of halogens is 2. The predicted molar refractivity (Wildman–Crippen MR) is 121 cm³/mol. The normalized spacial score (nSPS) is 21.2. The number of benzene rings is 1. The number of H-pyrrole nitrogens is 1. The fourth-order valence-corrected chi connectivity index (χ4v) is 4.67. The number of ether oxygens (including phenoxy) is 1. The Morgan fingerprint density at radius 2 is 2.06 bits per heavy atom. The summed E-state index contributed by atoms with van der Waals surface area (Å²) in [6, 6.07) is 1.11. The molecular weight excluding hydrogens is 439 g/mol. The van der Waals surface area contributed by atoms with Crippen LogP contribution >= 0.6 is 11.6 Å². The number of rotatable bonds is 4. The first-order chi connectivity index (χ1) is 14.9. The molecule has 2 aliphatic rings. The van der Waals surface area contributed by atoms with Crippen molar-refractivity contribution < 1.29 is 13.9 Å². The van der Waals surface area contributed by atoms with E-state index >= 15 is 4.39 Å². The van der Waals surface area contributed by atoms with Crippen molar-refractivity contribution in [2.75, 3.05) is 24.5 Å². The lowest BCUT2D eigenvalue weighted by Gasteiger charge is -2.28. The van der Waals surface area contributed by atoms with Gasteiger partial charge in [-0.05, 0) is 46.1 Å². The Hall–Kier alpha value is -2.55. The van der Waals surface area contributed by atoms with Gasteiger partial charge in [-0.2, -0.15) is 0 Å². The van der Waals surface area contributed by atoms with Crippen molar-refractivity contribution in [2.24, 2.45) is 5.41 Å². The Balaban J connectivity index is 1.63. The third-order valence-electron chi connectivity index (χ3n) is 5.94. The van der Waals surface area contributed by atoms with Gasteiger partial charge in [-0.1, -0.05) is 18.5 Å². The number of fused-ring (bicyclic) bond motifs is 1. The summed E-state index contributed by atoms with van der Waals surface area (Å²) in [6.07, 6.45) is 1.81. The van der Waals surface area contributed by atoms with Crippen molar-refractivity contribution in [1.29, 1.82) is 0 Å². The molecule has 10 heteroatoms. The fraction of sp³-hybridized carbons (Fsp3) is 0.591. The van der Waals surface area contributed by atoms with Gasteiger partial charge in [0.25, 0.3) is 5.56 Å². The van der Waals surface area contributed by atoms with Crippen LogP contribution in [0, 0.1) is 11.2 Å². The molecule has 2 fully saturated rings. The molecule has 0 radical (unpaired) electrons. The van der Waals surface area contributed by atoms with Gasteiger partial charge in [0.15, 0.2) is 0 Å². The van der Waals surface area contributed by atoms with Crippen LogP contribution in [0.1, 0.15) is 53.0 Å². The molecule has 2 aromatic rings. The van der Waals surface area contributed by atoms with Gasteiger partial charge >= 0.3 is 11.8 Å². The lowest BCUT2D eigenvalue weighted by molar-refractivity contribution is 0.0507. The van der Waals surface area contributed by atoms with Gasteiger partial charge in [-0.25, -0.2) is 14.0 Å². The number of aromatic amines is 1. The second-order valence-corrected chi connectivity index (χ2v) is 10.5. The second kappa shape index (κ2) is 7.79. The highest BCUT2D eigenvalue weighted by Gasteiger charge is 2.37. The minimum absolute atomic E-state index is 0.0421. The van der Waals surface area contributed by atoms with Crippen LogP contribution < -0.4 is 21.5 Å². The van der Waals surface area contributed by atoms with Crippen molar-refractivity contribution in [3.05, 3.63) is 37.7 Å². The Labute approximate surface area is 189 Å². The van der Waals surface area contributed by atoms with Gasteiger partial charge in [-0.3, -0.25) is 14.3 Å². The van der Waals surface area contributed by atoms with Crippen LogP contribution in [0.5, 0.6) is 0 Å². The van der Waals surface area contributed by atoms with Crippen LogP contribution in [0.25, 0.3) is 10.9 Å². The van der Waals surface area contributed by atoms with Crippen molar-refractivity contribution in [1.82, 2.24) is 14.9 Å². The first-order valence-electron chi connectivity index (χ1n) is 10.8. The minimum Gasteiger partial charge on any atom is -0.444 e. The highest BCUT2D eigenvalue weighted by molar-refractivity contribution is 6.38. The van der Waals surface area contributed by atoms with E-state index in [9.17, 15) is 14.4 Å². The van der Waals surface area contributed by atoms with Gasteiger partial charge in [-0.15, -0.1) is 0 Å². The number of alkyl carbamates (subject to hydrolysis) is 1. The quantitative estimate of drug-likeness (QED) is 0.718. The van der Waals surface area contributed by atoms with E-state index in [2.05, 4.69) is 10.3 Å². The first kappa shape index (κ1) is 22.6. The lowest BCUT2D eigenvalue weighted by Crippen LogP contribution is -2.40. The van der Waals surface area contributed by atoms with E-state index in [0.29, 0.717) is 26.1 Å². The van der Waals surface area contributed by atoms with Gasteiger partial charge in [0.2, 0.25) is 0 Å². The zero-order chi connectivity index (χ0) is 23.4. The number of amides is 1. The smallest absolute Gasteiger partial charge is 0.407 e. The molecular formula is C22H28ClFN4O4. The van der Waals surface area contributed by atoms with Crippen LogP contribution in [-0.4, -0.2) is 40.9 Å². The summed E-state index contributed by atoms with van der Waals surface area (Å²) in [4.78, 5) is 40.9. The van der Waals surface area contributed by atoms with Crippen molar-refractivity contribution in [3.63, 3.8) is 0 Å². The predicted octanol–water partition coefficient (Wildman–Crippen LogP) is 3.56. The summed E-state index contributed by atoms with van der Waals surface area (Å²) in [5, 5.41) is 2.93. The number of anilines is 1. The summed E-state index contributed by atoms with van der Waals surface area (Å²) >= 11 is 6.66. The Kier molecular flexibility index (Phi) is 5.51. The van der Waals surface area contributed by atoms with E-state index in [1.54, 1.807) is 20.8 Å². The van der Waals surface area contributed by atoms with Crippen molar-refractivity contribution in [2.45, 2.75) is 58.6 Å². The number of carbonyl (C=O) groups is 1. The molecule has 1 aliphatic carbocycles. The number of nitrogens with one attached hydrogen (secondary N) is 2. The largest absolute Gasteiger partial charge is 0.444 e. The SMILES string of the molecule is CC1(CNC(=O)OC(C)(C)C)CCN(c2c(F)cc3c(=O)[nH]c(=O)n(C4CC4)c3c2Cl)C1. The van der Waals surface area contributed by atoms with E-state index in [1.165, 1.54) is 4.57 Å².